The Balaban J connectivity index is 2.19. The molecule has 1 aliphatic rings. The summed E-state index contributed by atoms with van der Waals surface area (Å²) in [4.78, 5) is 2.31. The molecule has 20 heavy (non-hydrogen) atoms. The molecule has 1 fully saturated rings. The van der Waals surface area contributed by atoms with Gasteiger partial charge in [-0.2, -0.15) is 0 Å². The highest BCUT2D eigenvalue weighted by molar-refractivity contribution is 5.55. The van der Waals surface area contributed by atoms with Crippen molar-refractivity contribution >= 4 is 5.69 Å². The van der Waals surface area contributed by atoms with Crippen molar-refractivity contribution < 1.29 is 9.50 Å². The molecule has 2 atom stereocenters. The second-order valence-corrected chi connectivity index (χ2v) is 6.30. The predicted octanol–water partition coefficient (Wildman–Crippen LogP) is 4.14. The average molecular weight is 279 g/mol. The third-order valence-corrected chi connectivity index (χ3v) is 4.50. The summed E-state index contributed by atoms with van der Waals surface area (Å²) in [7, 11) is 0. The molecule has 1 saturated heterocycles. The molecule has 0 radical (unpaired) electrons. The van der Waals surface area contributed by atoms with Crippen molar-refractivity contribution in [2.45, 2.75) is 46.1 Å². The Bertz CT molecular complexity index is 445. The van der Waals surface area contributed by atoms with E-state index >= 15 is 0 Å². The Labute approximate surface area is 121 Å². The molecule has 0 aliphatic carbocycles. The molecule has 0 spiro atoms. The van der Waals surface area contributed by atoms with Crippen LogP contribution >= 0.6 is 0 Å². The molecule has 2 rings (SSSR count). The highest BCUT2D eigenvalue weighted by Crippen LogP contribution is 2.31. The molecule has 1 aliphatic heterocycles. The number of nitrogens with zero attached hydrogens (tertiary/aromatic N) is 1. The van der Waals surface area contributed by atoms with Crippen LogP contribution in [0.15, 0.2) is 18.2 Å². The minimum atomic E-state index is -0.634. The first kappa shape index (κ1) is 15.3. The van der Waals surface area contributed by atoms with Gasteiger partial charge >= 0.3 is 0 Å². The van der Waals surface area contributed by atoms with E-state index in [0.29, 0.717) is 5.56 Å². The van der Waals surface area contributed by atoms with Crippen molar-refractivity contribution in [3.63, 3.8) is 0 Å². The monoisotopic (exact) mass is 279 g/mol. The van der Waals surface area contributed by atoms with Gasteiger partial charge in [-0.1, -0.05) is 13.8 Å². The largest absolute Gasteiger partial charge is 0.389 e. The Hall–Kier alpha value is -1.09. The zero-order valence-electron chi connectivity index (χ0n) is 12.8. The van der Waals surface area contributed by atoms with Crippen LogP contribution in [0.4, 0.5) is 10.1 Å². The van der Waals surface area contributed by atoms with Crippen LogP contribution in [0, 0.1) is 17.7 Å². The minimum Gasteiger partial charge on any atom is -0.389 e. The van der Waals surface area contributed by atoms with Crippen LogP contribution < -0.4 is 4.90 Å². The van der Waals surface area contributed by atoms with Crippen molar-refractivity contribution in [3.05, 3.63) is 29.6 Å². The van der Waals surface area contributed by atoms with Gasteiger partial charge in [0.2, 0.25) is 0 Å². The van der Waals surface area contributed by atoms with Gasteiger partial charge in [-0.15, -0.1) is 0 Å². The van der Waals surface area contributed by atoms with Gasteiger partial charge in [0.25, 0.3) is 0 Å². The van der Waals surface area contributed by atoms with E-state index in [9.17, 15) is 9.50 Å². The lowest BCUT2D eigenvalue weighted by molar-refractivity contribution is 0.199. The van der Waals surface area contributed by atoms with E-state index in [-0.39, 0.29) is 5.82 Å². The number of aliphatic hydroxyl groups excluding tert-OH is 1. The fraction of sp³-hybridized carbons (Fsp3) is 0.647. The first-order valence-electron chi connectivity index (χ1n) is 7.71. The molecule has 1 aromatic rings. The molecule has 1 aromatic carbocycles. The van der Waals surface area contributed by atoms with Crippen LogP contribution in [-0.2, 0) is 0 Å². The maximum Gasteiger partial charge on any atom is 0.123 e. The Morgan fingerprint density at radius 1 is 1.20 bits per heavy atom. The van der Waals surface area contributed by atoms with Gasteiger partial charge in [0.05, 0.1) is 6.10 Å². The van der Waals surface area contributed by atoms with E-state index in [1.165, 1.54) is 31.4 Å². The van der Waals surface area contributed by atoms with E-state index in [2.05, 4.69) is 18.7 Å². The van der Waals surface area contributed by atoms with Crippen LogP contribution in [0.2, 0.25) is 0 Å². The minimum absolute atomic E-state index is 0.278. The second-order valence-electron chi connectivity index (χ2n) is 6.30. The number of benzene rings is 1. The van der Waals surface area contributed by atoms with E-state index in [4.69, 9.17) is 0 Å². The summed E-state index contributed by atoms with van der Waals surface area (Å²) in [6.45, 7) is 8.27. The van der Waals surface area contributed by atoms with Crippen LogP contribution in [-0.4, -0.2) is 18.2 Å². The number of rotatable bonds is 3. The average Bonchev–Trinajstić information content (AvgIpc) is 2.64. The summed E-state index contributed by atoms with van der Waals surface area (Å²) in [6, 6.07) is 4.77. The standard InChI is InChI=1S/C17H26FNO/c1-12(2)14-5-4-9-19(10-8-14)17-7-6-15(18)11-16(17)13(3)20/h6-7,11-14,20H,4-5,8-10H2,1-3H3/t13-,14?/m0/s1. The summed E-state index contributed by atoms with van der Waals surface area (Å²) >= 11 is 0. The zero-order valence-corrected chi connectivity index (χ0v) is 12.8. The normalized spacial score (nSPS) is 21.9. The van der Waals surface area contributed by atoms with Crippen LogP contribution in [0.3, 0.4) is 0 Å². The number of halogens is 1. The molecule has 2 nitrogen and oxygen atoms in total. The Morgan fingerprint density at radius 2 is 1.95 bits per heavy atom. The smallest absolute Gasteiger partial charge is 0.123 e. The van der Waals surface area contributed by atoms with Gasteiger partial charge in [0.1, 0.15) is 5.82 Å². The van der Waals surface area contributed by atoms with Gasteiger partial charge < -0.3 is 10.0 Å². The summed E-state index contributed by atoms with van der Waals surface area (Å²) in [5, 5.41) is 9.88. The summed E-state index contributed by atoms with van der Waals surface area (Å²) < 4.78 is 13.4. The molecular formula is C17H26FNO. The molecule has 1 heterocycles. The number of hydrogen-bond acceptors (Lipinski definition) is 2. The van der Waals surface area contributed by atoms with Crippen molar-refractivity contribution in [2.75, 3.05) is 18.0 Å². The second kappa shape index (κ2) is 6.57. The van der Waals surface area contributed by atoms with Gasteiger partial charge in [-0.05, 0) is 56.2 Å². The molecule has 0 amide bonds. The van der Waals surface area contributed by atoms with Gasteiger partial charge in [-0.25, -0.2) is 4.39 Å². The van der Waals surface area contributed by atoms with E-state index in [1.807, 2.05) is 6.07 Å². The molecule has 3 heteroatoms. The SMILES string of the molecule is CC(C)C1CCCN(c2ccc(F)cc2[C@H](C)O)CC1. The van der Waals surface area contributed by atoms with Crippen molar-refractivity contribution in [1.82, 2.24) is 0 Å². The first-order chi connectivity index (χ1) is 9.49. The number of anilines is 1. The van der Waals surface area contributed by atoms with E-state index in [1.54, 1.807) is 6.92 Å². The van der Waals surface area contributed by atoms with E-state index < -0.39 is 6.10 Å². The molecule has 1 unspecified atom stereocenters. The Morgan fingerprint density at radius 3 is 2.60 bits per heavy atom. The lowest BCUT2D eigenvalue weighted by Gasteiger charge is -2.27. The topological polar surface area (TPSA) is 23.5 Å². The number of hydrogen-bond donors (Lipinski definition) is 1. The quantitative estimate of drug-likeness (QED) is 0.898. The van der Waals surface area contributed by atoms with Crippen LogP contribution in [0.1, 0.15) is 51.7 Å². The third kappa shape index (κ3) is 3.51. The zero-order chi connectivity index (χ0) is 14.7. The Kier molecular flexibility index (Phi) is 5.03. The van der Waals surface area contributed by atoms with Crippen molar-refractivity contribution in [1.29, 1.82) is 0 Å². The van der Waals surface area contributed by atoms with Gasteiger partial charge in [0, 0.05) is 24.3 Å². The van der Waals surface area contributed by atoms with Crippen molar-refractivity contribution in [3.8, 4) is 0 Å². The fourth-order valence-electron chi connectivity index (χ4n) is 3.18. The van der Waals surface area contributed by atoms with E-state index in [0.717, 1.165) is 30.6 Å². The third-order valence-electron chi connectivity index (χ3n) is 4.50. The fourth-order valence-corrected chi connectivity index (χ4v) is 3.18. The maximum absolute atomic E-state index is 13.4. The molecular weight excluding hydrogens is 253 g/mol. The maximum atomic E-state index is 13.4. The predicted molar refractivity (Wildman–Crippen MR) is 81.4 cm³/mol. The molecule has 0 aromatic heterocycles. The van der Waals surface area contributed by atoms with Gasteiger partial charge in [-0.3, -0.25) is 0 Å². The lowest BCUT2D eigenvalue weighted by atomic mass is 9.89. The molecule has 1 N–H and O–H groups in total. The van der Waals surface area contributed by atoms with Crippen LogP contribution in [0.25, 0.3) is 0 Å². The summed E-state index contributed by atoms with van der Waals surface area (Å²) in [6.07, 6.45) is 2.97. The number of aliphatic hydroxyl groups is 1. The lowest BCUT2D eigenvalue weighted by Crippen LogP contribution is -2.26. The highest BCUT2D eigenvalue weighted by atomic mass is 19.1. The highest BCUT2D eigenvalue weighted by Gasteiger charge is 2.22. The molecule has 0 saturated carbocycles. The van der Waals surface area contributed by atoms with Crippen molar-refractivity contribution in [2.24, 2.45) is 11.8 Å². The molecule has 0 bridgehead atoms. The summed E-state index contributed by atoms with van der Waals surface area (Å²) in [5.74, 6) is 1.22. The first-order valence-corrected chi connectivity index (χ1v) is 7.71. The van der Waals surface area contributed by atoms with Gasteiger partial charge in [0.15, 0.2) is 0 Å². The molecule has 112 valence electrons. The van der Waals surface area contributed by atoms with Crippen LogP contribution in [0.5, 0.6) is 0 Å². The summed E-state index contributed by atoms with van der Waals surface area (Å²) in [5.41, 5.74) is 1.69.